The number of amides is 8. The molecule has 77 heavy (non-hydrogen) atoms. The molecule has 4 heterocycles. The van der Waals surface area contributed by atoms with E-state index in [-0.39, 0.29) is 87.7 Å². The summed E-state index contributed by atoms with van der Waals surface area (Å²) in [6.07, 6.45) is 5.10. The van der Waals surface area contributed by atoms with E-state index in [1.165, 1.54) is 23.1 Å². The molecule has 1 aliphatic rings. The van der Waals surface area contributed by atoms with Crippen molar-refractivity contribution in [3.05, 3.63) is 144 Å². The average molecular weight is 1050 g/mol. The van der Waals surface area contributed by atoms with Gasteiger partial charge in [-0.15, -0.1) is 0 Å². The van der Waals surface area contributed by atoms with Crippen LogP contribution in [0.1, 0.15) is 75.0 Å². The van der Waals surface area contributed by atoms with Crippen LogP contribution in [0.3, 0.4) is 0 Å². The van der Waals surface area contributed by atoms with Gasteiger partial charge >= 0.3 is 12.1 Å². The zero-order valence-electron chi connectivity index (χ0n) is 42.9. The van der Waals surface area contributed by atoms with Gasteiger partial charge in [0, 0.05) is 72.3 Å². The highest BCUT2D eigenvalue weighted by Gasteiger charge is 2.30. The molecule has 3 aromatic heterocycles. The molecule has 1 aliphatic heterocycles. The summed E-state index contributed by atoms with van der Waals surface area (Å²) in [7, 11) is 0. The van der Waals surface area contributed by atoms with Crippen molar-refractivity contribution in [3.8, 4) is 22.6 Å². The Morgan fingerprint density at radius 3 is 2.26 bits per heavy atom. The number of H-pyrrole nitrogens is 1. The number of rotatable bonds is 25. The molecule has 0 aliphatic carbocycles. The molecule has 6 aromatic rings. The second kappa shape index (κ2) is 26.6. The number of nitrogens with one attached hydrogen (secondary N) is 5. The van der Waals surface area contributed by atoms with E-state index < -0.39 is 47.7 Å². The van der Waals surface area contributed by atoms with Crippen molar-refractivity contribution in [3.63, 3.8) is 0 Å². The minimum absolute atomic E-state index is 0.0896. The maximum Gasteiger partial charge on any atom is 0.410 e. The number of ether oxygens (including phenoxy) is 1. The zero-order chi connectivity index (χ0) is 55.0. The summed E-state index contributed by atoms with van der Waals surface area (Å²) < 4.78 is 35.6. The predicted molar refractivity (Wildman–Crippen MR) is 283 cm³/mol. The number of nitrogens with zero attached hydrogens (tertiary/aromatic N) is 5. The Morgan fingerprint density at radius 2 is 1.55 bits per heavy atom. The molecule has 0 saturated heterocycles. The second-order valence-electron chi connectivity index (χ2n) is 18.8. The van der Waals surface area contributed by atoms with Crippen LogP contribution in [-0.4, -0.2) is 103 Å². The number of fused-ring (bicyclic) bond motifs is 1. The minimum atomic E-state index is -1.11. The highest BCUT2D eigenvalue weighted by Crippen LogP contribution is 2.34. The fourth-order valence-corrected chi connectivity index (χ4v) is 8.66. The molecule has 3 aromatic carbocycles. The van der Waals surface area contributed by atoms with Crippen LogP contribution in [0.4, 0.5) is 24.1 Å². The molecular formula is C56H61F2N11O8. The third-order valence-electron chi connectivity index (χ3n) is 12.7. The molecule has 402 valence electrons. The highest BCUT2D eigenvalue weighted by atomic mass is 19.1. The van der Waals surface area contributed by atoms with Crippen LogP contribution >= 0.6 is 0 Å². The third kappa shape index (κ3) is 15.4. The number of para-hydroxylation sites is 1. The van der Waals surface area contributed by atoms with E-state index in [0.29, 0.717) is 53.4 Å². The Bertz CT molecular complexity index is 3100. The molecule has 0 spiro atoms. The van der Waals surface area contributed by atoms with E-state index in [4.69, 9.17) is 20.4 Å². The van der Waals surface area contributed by atoms with E-state index >= 15 is 0 Å². The number of halogens is 2. The summed E-state index contributed by atoms with van der Waals surface area (Å²) in [6.45, 7) is 5.21. The van der Waals surface area contributed by atoms with Crippen molar-refractivity contribution in [2.24, 2.45) is 11.7 Å². The molecule has 19 nitrogen and oxygen atoms in total. The summed E-state index contributed by atoms with van der Waals surface area (Å²) >= 11 is 0. The maximum absolute atomic E-state index is 14.9. The van der Waals surface area contributed by atoms with E-state index in [9.17, 15) is 42.3 Å². The van der Waals surface area contributed by atoms with Crippen molar-refractivity contribution >= 4 is 58.3 Å². The monoisotopic (exact) mass is 1050 g/mol. The first-order valence-electron chi connectivity index (χ1n) is 25.3. The molecule has 0 radical (unpaired) electrons. The van der Waals surface area contributed by atoms with Crippen LogP contribution in [0.5, 0.6) is 0 Å². The van der Waals surface area contributed by atoms with Gasteiger partial charge in [0.05, 0.1) is 29.1 Å². The number of nitrogens with two attached hydrogens (primary N) is 1. The van der Waals surface area contributed by atoms with E-state index in [0.717, 1.165) is 39.2 Å². The third-order valence-corrected chi connectivity index (χ3v) is 12.7. The SMILES string of the molecule is Cc1cccc(-c2[nH]c(CN(CCc3c(F)cccc3F)C(=O)OCc3ccc(NC(=O)[C@H](CCCNC(N)=O)NC(=O)C(NC(=O)CCCCCN4C(=O)C=CC4=O)C(C)C)cc3)nc2-c2ccnc3ccccc23)n1. The van der Waals surface area contributed by atoms with Gasteiger partial charge in [-0.3, -0.25) is 38.8 Å². The lowest BCUT2D eigenvalue weighted by Gasteiger charge is -2.25. The van der Waals surface area contributed by atoms with Gasteiger partial charge in [-0.1, -0.05) is 62.7 Å². The second-order valence-corrected chi connectivity index (χ2v) is 18.8. The van der Waals surface area contributed by atoms with Gasteiger partial charge in [-0.25, -0.2) is 23.4 Å². The van der Waals surface area contributed by atoms with Gasteiger partial charge in [0.2, 0.25) is 17.7 Å². The predicted octanol–water partition coefficient (Wildman–Crippen LogP) is 7.15. The number of benzene rings is 3. The number of hydrogen-bond donors (Lipinski definition) is 6. The maximum atomic E-state index is 14.9. The molecule has 0 saturated carbocycles. The lowest BCUT2D eigenvalue weighted by Crippen LogP contribution is -2.54. The van der Waals surface area contributed by atoms with E-state index in [2.05, 4.69) is 31.2 Å². The van der Waals surface area contributed by atoms with Gasteiger partial charge in [-0.05, 0) is 99.0 Å². The molecule has 7 N–H and O–H groups in total. The van der Waals surface area contributed by atoms with E-state index in [1.54, 1.807) is 44.3 Å². The largest absolute Gasteiger partial charge is 0.445 e. The van der Waals surface area contributed by atoms with Crippen LogP contribution in [-0.2, 0) is 48.3 Å². The van der Waals surface area contributed by atoms with Crippen LogP contribution in [0.15, 0.2) is 109 Å². The molecule has 2 atom stereocenters. The lowest BCUT2D eigenvalue weighted by molar-refractivity contribution is -0.137. The molecule has 0 bridgehead atoms. The number of hydrogen-bond acceptors (Lipinski definition) is 11. The Balaban J connectivity index is 1.01. The number of urea groups is 1. The van der Waals surface area contributed by atoms with Crippen molar-refractivity contribution in [1.29, 1.82) is 0 Å². The van der Waals surface area contributed by atoms with Gasteiger partial charge in [0.25, 0.3) is 11.8 Å². The first-order valence-corrected chi connectivity index (χ1v) is 25.3. The lowest BCUT2D eigenvalue weighted by atomic mass is 10.0. The summed E-state index contributed by atoms with van der Waals surface area (Å²) in [4.78, 5) is 110. The molecule has 21 heteroatoms. The molecule has 0 fully saturated rings. The molecular weight excluding hydrogens is 993 g/mol. The Hall–Kier alpha value is -8.88. The zero-order valence-corrected chi connectivity index (χ0v) is 42.9. The molecule has 8 amide bonds. The number of pyridine rings is 2. The topological polar surface area (TPSA) is 264 Å². The Kier molecular flexibility index (Phi) is 19.3. The average Bonchev–Trinajstić information content (AvgIpc) is 3.98. The first kappa shape index (κ1) is 55.9. The van der Waals surface area contributed by atoms with Crippen LogP contribution in [0.25, 0.3) is 33.5 Å². The number of unbranched alkanes of at least 4 members (excludes halogenated alkanes) is 2. The van der Waals surface area contributed by atoms with Crippen molar-refractivity contribution in [2.75, 3.05) is 25.0 Å². The number of primary amides is 1. The van der Waals surface area contributed by atoms with E-state index in [1.807, 2.05) is 55.5 Å². The number of imidazole rings is 1. The molecule has 1 unspecified atom stereocenters. The molecule has 7 rings (SSSR count). The number of imide groups is 1. The number of aromatic amines is 1. The van der Waals surface area contributed by atoms with Gasteiger partial charge in [-0.2, -0.15) is 0 Å². The highest BCUT2D eigenvalue weighted by molar-refractivity contribution is 6.12. The van der Waals surface area contributed by atoms with Crippen molar-refractivity contribution in [1.82, 2.24) is 45.7 Å². The first-order chi connectivity index (χ1) is 37.0. The van der Waals surface area contributed by atoms with Crippen molar-refractivity contribution in [2.45, 2.75) is 91.0 Å². The van der Waals surface area contributed by atoms with Crippen molar-refractivity contribution < 1.29 is 47.1 Å². The van der Waals surface area contributed by atoms with Crippen LogP contribution in [0.2, 0.25) is 0 Å². The van der Waals surface area contributed by atoms with Gasteiger partial charge < -0.3 is 41.6 Å². The number of carbonyl (C=O) groups excluding carboxylic acids is 7. The normalized spacial score (nSPS) is 12.9. The summed E-state index contributed by atoms with van der Waals surface area (Å²) in [5.74, 6) is -3.84. The van der Waals surface area contributed by atoms with Crippen LogP contribution < -0.4 is 27.0 Å². The number of aryl methyl sites for hydroxylation is 1. The smallest absolute Gasteiger partial charge is 0.410 e. The minimum Gasteiger partial charge on any atom is -0.445 e. The summed E-state index contributed by atoms with van der Waals surface area (Å²) in [5, 5.41) is 11.6. The summed E-state index contributed by atoms with van der Waals surface area (Å²) in [6, 6.07) is 22.2. The standard InChI is InChI=1S/C56H61F2N11O8/c1-34(2)50(67-47(70)19-5-4-8-30-69-48(71)24-25-49(69)72)54(74)64-45(18-11-28-61-55(59)75)53(73)63-37-22-20-36(21-23-37)33-77-56(76)68(31-27-40-41(57)14-10-15-42(40)58)32-46-65-51(52(66-46)44-17-9-12-35(3)62-44)39-26-29-60-43-16-7-6-13-38(39)43/h6-7,9-10,12-17,20-26,29,34,45,50H,4-5,8,11,18-19,27-28,30-33H2,1-3H3,(H,63,73)(H,64,74)(H,65,66)(H,67,70)(H3,59,61,75)/t45-,50?/m0/s1. The van der Waals surface area contributed by atoms with Gasteiger partial charge in [0.15, 0.2) is 0 Å². The number of anilines is 1. The number of aromatic nitrogens is 4. The number of carbonyl (C=O) groups is 7. The Morgan fingerprint density at radius 1 is 0.818 bits per heavy atom. The summed E-state index contributed by atoms with van der Waals surface area (Å²) in [5.41, 5.74) is 9.94. The fourth-order valence-electron chi connectivity index (χ4n) is 8.66. The fraction of sp³-hybridized carbons (Fsp3) is 0.321. The quantitative estimate of drug-likeness (QED) is 0.0248. The Labute approximate surface area is 443 Å². The van der Waals surface area contributed by atoms with Crippen LogP contribution in [0, 0.1) is 24.5 Å². The van der Waals surface area contributed by atoms with Gasteiger partial charge in [0.1, 0.15) is 36.1 Å².